The summed E-state index contributed by atoms with van der Waals surface area (Å²) in [6.07, 6.45) is 0. The molecule has 134 valence electrons. The minimum atomic E-state index is -3.76. The van der Waals surface area contributed by atoms with Gasteiger partial charge in [0.25, 0.3) is 10.0 Å². The average Bonchev–Trinajstić information content (AvgIpc) is 2.61. The normalized spacial score (nSPS) is 12.0. The molecule has 0 radical (unpaired) electrons. The summed E-state index contributed by atoms with van der Waals surface area (Å²) < 4.78 is 35.6. The van der Waals surface area contributed by atoms with Gasteiger partial charge >= 0.3 is 0 Å². The third-order valence-corrected chi connectivity index (χ3v) is 5.11. The van der Waals surface area contributed by atoms with Crippen molar-refractivity contribution in [3.05, 3.63) is 53.1 Å². The summed E-state index contributed by atoms with van der Waals surface area (Å²) in [5.74, 6) is 1.20. The smallest absolute Gasteiger partial charge is 0.276 e. The first kappa shape index (κ1) is 18.8. The maximum atomic E-state index is 12.5. The van der Waals surface area contributed by atoms with Crippen molar-refractivity contribution in [3.63, 3.8) is 0 Å². The highest BCUT2D eigenvalue weighted by Gasteiger charge is 2.17. The summed E-state index contributed by atoms with van der Waals surface area (Å²) in [5.41, 5.74) is 2.63. The molecule has 2 aromatic carbocycles. The first-order valence-electron chi connectivity index (χ1n) is 7.64. The zero-order chi connectivity index (χ0) is 18.6. The second-order valence-corrected chi connectivity index (χ2v) is 7.26. The van der Waals surface area contributed by atoms with Crippen LogP contribution in [0, 0.1) is 13.8 Å². The number of hydrogen-bond acceptors (Lipinski definition) is 5. The van der Waals surface area contributed by atoms with E-state index >= 15 is 0 Å². The fourth-order valence-electron chi connectivity index (χ4n) is 2.33. The molecule has 0 aliphatic carbocycles. The molecule has 1 N–H and O–H groups in total. The molecule has 0 unspecified atom stereocenters. The number of hydrogen-bond donors (Lipinski definition) is 1. The molecule has 0 aromatic heterocycles. The number of nitrogens with one attached hydrogen (secondary N) is 1. The SMILES string of the molecule is COc1ccc(OC)c(/C(C)=N\NS(=O)(=O)c2cc(C)ccc2C)c1. The van der Waals surface area contributed by atoms with Crippen molar-refractivity contribution in [3.8, 4) is 11.5 Å². The van der Waals surface area contributed by atoms with Crippen LogP contribution in [0.2, 0.25) is 0 Å². The van der Waals surface area contributed by atoms with Crippen LogP contribution in [0.25, 0.3) is 0 Å². The Labute approximate surface area is 148 Å². The summed E-state index contributed by atoms with van der Waals surface area (Å²) in [6.45, 7) is 5.28. The van der Waals surface area contributed by atoms with Crippen LogP contribution in [0.15, 0.2) is 46.4 Å². The van der Waals surface area contributed by atoms with Gasteiger partial charge in [0.2, 0.25) is 0 Å². The summed E-state index contributed by atoms with van der Waals surface area (Å²) in [5, 5.41) is 4.04. The molecule has 0 spiro atoms. The highest BCUT2D eigenvalue weighted by Crippen LogP contribution is 2.24. The van der Waals surface area contributed by atoms with E-state index < -0.39 is 10.0 Å². The number of methoxy groups -OCH3 is 2. The average molecular weight is 362 g/mol. The number of nitrogens with zero attached hydrogens (tertiary/aromatic N) is 1. The molecule has 25 heavy (non-hydrogen) atoms. The molecule has 0 amide bonds. The Balaban J connectivity index is 2.36. The summed E-state index contributed by atoms with van der Waals surface area (Å²) in [6, 6.07) is 10.5. The second kappa shape index (κ2) is 7.57. The van der Waals surface area contributed by atoms with E-state index in [1.807, 2.05) is 13.0 Å². The largest absolute Gasteiger partial charge is 0.497 e. The van der Waals surface area contributed by atoms with E-state index in [-0.39, 0.29) is 4.90 Å². The zero-order valence-electron chi connectivity index (χ0n) is 15.0. The van der Waals surface area contributed by atoms with Crippen LogP contribution in [-0.2, 0) is 10.0 Å². The van der Waals surface area contributed by atoms with Gasteiger partial charge in [-0.1, -0.05) is 12.1 Å². The van der Waals surface area contributed by atoms with Gasteiger partial charge in [0.15, 0.2) is 0 Å². The molecule has 0 bridgehead atoms. The topological polar surface area (TPSA) is 77.0 Å². The first-order chi connectivity index (χ1) is 11.8. The van der Waals surface area contributed by atoms with Gasteiger partial charge in [-0.2, -0.15) is 18.4 Å². The Morgan fingerprint density at radius 1 is 1.04 bits per heavy atom. The standard InChI is InChI=1S/C18H22N2O4S/c1-12-6-7-13(2)18(10-12)25(21,22)20-19-14(3)16-11-15(23-4)8-9-17(16)24-5/h6-11,20H,1-5H3/b19-14-. The summed E-state index contributed by atoms with van der Waals surface area (Å²) in [4.78, 5) is 2.50. The Hall–Kier alpha value is -2.54. The number of rotatable bonds is 6. The third-order valence-electron chi connectivity index (χ3n) is 3.76. The lowest BCUT2D eigenvalue weighted by molar-refractivity contribution is 0.402. The predicted octanol–water partition coefficient (Wildman–Crippen LogP) is 3.02. The molecule has 0 aliphatic heterocycles. The van der Waals surface area contributed by atoms with E-state index in [0.717, 1.165) is 5.56 Å². The number of sulfonamides is 1. The Morgan fingerprint density at radius 2 is 1.76 bits per heavy atom. The molecular weight excluding hydrogens is 340 g/mol. The second-order valence-electron chi connectivity index (χ2n) is 5.63. The third kappa shape index (κ3) is 4.30. The Morgan fingerprint density at radius 3 is 2.40 bits per heavy atom. The summed E-state index contributed by atoms with van der Waals surface area (Å²) in [7, 11) is -0.664. The van der Waals surface area contributed by atoms with Crippen LogP contribution < -0.4 is 14.3 Å². The van der Waals surface area contributed by atoms with E-state index in [1.54, 1.807) is 58.4 Å². The predicted molar refractivity (Wildman–Crippen MR) is 98.0 cm³/mol. The van der Waals surface area contributed by atoms with Gasteiger partial charge < -0.3 is 9.47 Å². The van der Waals surface area contributed by atoms with Gasteiger partial charge in [0.05, 0.1) is 24.8 Å². The van der Waals surface area contributed by atoms with Crippen LogP contribution >= 0.6 is 0 Å². The number of aryl methyl sites for hydroxylation is 2. The highest BCUT2D eigenvalue weighted by molar-refractivity contribution is 7.89. The van der Waals surface area contributed by atoms with Gasteiger partial charge in [-0.05, 0) is 56.2 Å². The molecule has 0 heterocycles. The van der Waals surface area contributed by atoms with E-state index in [2.05, 4.69) is 9.93 Å². The van der Waals surface area contributed by atoms with Crippen molar-refractivity contribution in [2.45, 2.75) is 25.7 Å². The van der Waals surface area contributed by atoms with Crippen molar-refractivity contribution in [2.75, 3.05) is 14.2 Å². The molecule has 0 saturated heterocycles. The first-order valence-corrected chi connectivity index (χ1v) is 9.12. The number of hydrazone groups is 1. The van der Waals surface area contributed by atoms with E-state index in [9.17, 15) is 8.42 Å². The van der Waals surface area contributed by atoms with Crippen LogP contribution in [0.5, 0.6) is 11.5 Å². The van der Waals surface area contributed by atoms with Crippen LogP contribution in [0.3, 0.4) is 0 Å². The van der Waals surface area contributed by atoms with Gasteiger partial charge in [0.1, 0.15) is 11.5 Å². The molecule has 2 aromatic rings. The molecule has 0 atom stereocenters. The van der Waals surface area contributed by atoms with Crippen LogP contribution in [-0.4, -0.2) is 28.3 Å². The van der Waals surface area contributed by atoms with E-state index in [0.29, 0.717) is 28.3 Å². The Kier molecular flexibility index (Phi) is 5.69. The molecule has 2 rings (SSSR count). The molecule has 0 aliphatic rings. The van der Waals surface area contributed by atoms with Crippen molar-refractivity contribution < 1.29 is 17.9 Å². The van der Waals surface area contributed by atoms with Crippen molar-refractivity contribution in [2.24, 2.45) is 5.10 Å². The fourth-order valence-corrected chi connectivity index (χ4v) is 3.52. The molecule has 6 nitrogen and oxygen atoms in total. The van der Waals surface area contributed by atoms with Gasteiger partial charge in [0, 0.05) is 5.56 Å². The lowest BCUT2D eigenvalue weighted by Crippen LogP contribution is -2.21. The molecule has 0 fully saturated rings. The van der Waals surface area contributed by atoms with Gasteiger partial charge in [-0.3, -0.25) is 0 Å². The molecular formula is C18H22N2O4S. The zero-order valence-corrected chi connectivity index (χ0v) is 15.8. The lowest BCUT2D eigenvalue weighted by Gasteiger charge is -2.11. The van der Waals surface area contributed by atoms with Gasteiger partial charge in [-0.25, -0.2) is 0 Å². The quantitative estimate of drug-likeness (QED) is 0.633. The Bertz CT molecular complexity index is 905. The number of benzene rings is 2. The molecule has 7 heteroatoms. The van der Waals surface area contributed by atoms with Crippen molar-refractivity contribution in [1.82, 2.24) is 4.83 Å². The molecule has 0 saturated carbocycles. The van der Waals surface area contributed by atoms with Crippen molar-refractivity contribution >= 4 is 15.7 Å². The maximum absolute atomic E-state index is 12.5. The van der Waals surface area contributed by atoms with Crippen LogP contribution in [0.4, 0.5) is 0 Å². The van der Waals surface area contributed by atoms with E-state index in [4.69, 9.17) is 9.47 Å². The monoisotopic (exact) mass is 362 g/mol. The minimum absolute atomic E-state index is 0.210. The van der Waals surface area contributed by atoms with Gasteiger partial charge in [-0.15, -0.1) is 0 Å². The highest BCUT2D eigenvalue weighted by atomic mass is 32.2. The lowest BCUT2D eigenvalue weighted by atomic mass is 10.1. The van der Waals surface area contributed by atoms with Crippen LogP contribution in [0.1, 0.15) is 23.6 Å². The minimum Gasteiger partial charge on any atom is -0.497 e. The summed E-state index contributed by atoms with van der Waals surface area (Å²) >= 11 is 0. The fraction of sp³-hybridized carbons (Fsp3) is 0.278. The number of ether oxygens (including phenoxy) is 2. The van der Waals surface area contributed by atoms with Crippen molar-refractivity contribution in [1.29, 1.82) is 0 Å². The van der Waals surface area contributed by atoms with E-state index in [1.165, 1.54) is 0 Å². The maximum Gasteiger partial charge on any atom is 0.276 e.